The molecule has 2 aliphatic heterocycles. The van der Waals surface area contributed by atoms with Gasteiger partial charge in [0, 0.05) is 53.2 Å². The van der Waals surface area contributed by atoms with Crippen molar-refractivity contribution in [2.24, 2.45) is 0 Å². The predicted octanol–water partition coefficient (Wildman–Crippen LogP) is 4.49. The molecule has 0 radical (unpaired) electrons. The molecule has 0 spiro atoms. The van der Waals surface area contributed by atoms with Crippen LogP contribution in [0.4, 0.5) is 0 Å². The number of aromatic nitrogens is 1. The van der Waals surface area contributed by atoms with Gasteiger partial charge in [-0.1, -0.05) is 43.7 Å². The van der Waals surface area contributed by atoms with Gasteiger partial charge in [0.25, 0.3) is 0 Å². The van der Waals surface area contributed by atoms with Crippen LogP contribution in [0.5, 0.6) is 0 Å². The molecule has 3 aromatic rings. The van der Waals surface area contributed by atoms with Gasteiger partial charge in [0.15, 0.2) is 11.6 Å². The maximum atomic E-state index is 13.4. The number of benzene rings is 2. The van der Waals surface area contributed by atoms with Crippen molar-refractivity contribution in [2.75, 3.05) is 13.1 Å². The lowest BCUT2D eigenvalue weighted by Crippen LogP contribution is -2.24. The Labute approximate surface area is 170 Å². The molecule has 4 nitrogen and oxygen atoms in total. The molecule has 0 saturated carbocycles. The number of hydrogen-bond donors (Lipinski definition) is 1. The third-order valence-electron chi connectivity index (χ3n) is 6.44. The van der Waals surface area contributed by atoms with Crippen molar-refractivity contribution in [3.63, 3.8) is 0 Å². The molecule has 29 heavy (non-hydrogen) atoms. The second kappa shape index (κ2) is 7.27. The van der Waals surface area contributed by atoms with E-state index >= 15 is 0 Å². The van der Waals surface area contributed by atoms with E-state index in [1.54, 1.807) is 0 Å². The van der Waals surface area contributed by atoms with Crippen LogP contribution < -0.4 is 5.32 Å². The molecule has 4 heteroatoms. The van der Waals surface area contributed by atoms with E-state index in [2.05, 4.69) is 16.8 Å². The van der Waals surface area contributed by atoms with Gasteiger partial charge in [-0.05, 0) is 37.1 Å². The SMILES string of the molecule is CCCC1CC(=O)c2ccc(C(=O)c3ccccc3)c3c4c(n1c23)CCNCC4. The smallest absolute Gasteiger partial charge is 0.193 e. The minimum Gasteiger partial charge on any atom is -0.340 e. The van der Waals surface area contributed by atoms with Crippen LogP contribution in [-0.4, -0.2) is 29.2 Å². The van der Waals surface area contributed by atoms with Crippen molar-refractivity contribution in [3.8, 4) is 0 Å². The summed E-state index contributed by atoms with van der Waals surface area (Å²) in [6.07, 6.45) is 4.44. The van der Waals surface area contributed by atoms with E-state index in [9.17, 15) is 9.59 Å². The molecule has 1 aromatic heterocycles. The number of Topliss-reactive ketones (excluding diaryl/α,β-unsaturated/α-hetero) is 1. The monoisotopic (exact) mass is 386 g/mol. The Morgan fingerprint density at radius 1 is 1.10 bits per heavy atom. The molecule has 1 atom stereocenters. The van der Waals surface area contributed by atoms with Gasteiger partial charge >= 0.3 is 0 Å². The molecule has 1 N–H and O–H groups in total. The van der Waals surface area contributed by atoms with Gasteiger partial charge in [-0.25, -0.2) is 0 Å². The summed E-state index contributed by atoms with van der Waals surface area (Å²) < 4.78 is 2.43. The Balaban J connectivity index is 1.82. The van der Waals surface area contributed by atoms with Gasteiger partial charge < -0.3 is 9.88 Å². The predicted molar refractivity (Wildman–Crippen MR) is 115 cm³/mol. The fourth-order valence-corrected chi connectivity index (χ4v) is 5.20. The van der Waals surface area contributed by atoms with E-state index in [0.29, 0.717) is 12.0 Å². The molecule has 148 valence electrons. The first-order chi connectivity index (χ1) is 14.2. The molecular weight excluding hydrogens is 360 g/mol. The van der Waals surface area contributed by atoms with Crippen LogP contribution in [0, 0.1) is 0 Å². The van der Waals surface area contributed by atoms with E-state index in [1.165, 1.54) is 11.3 Å². The number of rotatable bonds is 4. The minimum atomic E-state index is 0.0411. The maximum absolute atomic E-state index is 13.4. The number of nitrogens with one attached hydrogen (secondary N) is 1. The lowest BCUT2D eigenvalue weighted by atomic mass is 9.90. The van der Waals surface area contributed by atoms with Crippen LogP contribution in [0.3, 0.4) is 0 Å². The summed E-state index contributed by atoms with van der Waals surface area (Å²) in [5, 5.41) is 4.52. The van der Waals surface area contributed by atoms with Crippen molar-refractivity contribution >= 4 is 22.5 Å². The Morgan fingerprint density at radius 2 is 1.90 bits per heavy atom. The number of nitrogens with zero attached hydrogens (tertiary/aromatic N) is 1. The van der Waals surface area contributed by atoms with Crippen LogP contribution in [0.2, 0.25) is 0 Å². The van der Waals surface area contributed by atoms with Gasteiger partial charge in [0.05, 0.1) is 5.52 Å². The largest absolute Gasteiger partial charge is 0.340 e. The normalized spacial score (nSPS) is 18.5. The maximum Gasteiger partial charge on any atom is 0.193 e. The van der Waals surface area contributed by atoms with Gasteiger partial charge in [0.1, 0.15) is 0 Å². The van der Waals surface area contributed by atoms with Gasteiger partial charge in [-0.2, -0.15) is 0 Å². The first-order valence-corrected chi connectivity index (χ1v) is 10.7. The molecule has 3 heterocycles. The molecule has 0 bridgehead atoms. The van der Waals surface area contributed by atoms with Crippen LogP contribution in [0.15, 0.2) is 42.5 Å². The minimum absolute atomic E-state index is 0.0411. The number of carbonyl (C=O) groups excluding carboxylic acids is 2. The molecule has 0 amide bonds. The van der Waals surface area contributed by atoms with E-state index in [4.69, 9.17) is 0 Å². The summed E-state index contributed by atoms with van der Waals surface area (Å²) in [5.41, 5.74) is 5.82. The zero-order valence-corrected chi connectivity index (χ0v) is 16.8. The topological polar surface area (TPSA) is 51.1 Å². The average Bonchev–Trinajstić information content (AvgIpc) is 2.89. The molecular formula is C25H26N2O2. The quantitative estimate of drug-likeness (QED) is 0.672. The van der Waals surface area contributed by atoms with Gasteiger partial charge in [0.2, 0.25) is 0 Å². The summed E-state index contributed by atoms with van der Waals surface area (Å²) >= 11 is 0. The van der Waals surface area contributed by atoms with Crippen molar-refractivity contribution in [3.05, 3.63) is 70.4 Å². The molecule has 5 rings (SSSR count). The van der Waals surface area contributed by atoms with E-state index in [0.717, 1.165) is 60.8 Å². The average molecular weight is 386 g/mol. The molecule has 0 fully saturated rings. The Kier molecular flexibility index (Phi) is 4.59. The second-order valence-electron chi connectivity index (χ2n) is 8.19. The van der Waals surface area contributed by atoms with Crippen LogP contribution in [0.25, 0.3) is 10.9 Å². The zero-order valence-electron chi connectivity index (χ0n) is 16.8. The van der Waals surface area contributed by atoms with Crippen LogP contribution in [-0.2, 0) is 12.8 Å². The molecule has 2 aliphatic rings. The van der Waals surface area contributed by atoms with Crippen molar-refractivity contribution in [2.45, 2.75) is 45.1 Å². The highest BCUT2D eigenvalue weighted by Crippen LogP contribution is 2.42. The van der Waals surface area contributed by atoms with Crippen molar-refractivity contribution in [1.29, 1.82) is 0 Å². The number of hydrogen-bond acceptors (Lipinski definition) is 3. The third kappa shape index (κ3) is 2.85. The Bertz CT molecular complexity index is 1110. The number of carbonyl (C=O) groups is 2. The fourth-order valence-electron chi connectivity index (χ4n) is 5.20. The first-order valence-electron chi connectivity index (χ1n) is 10.7. The second-order valence-corrected chi connectivity index (χ2v) is 8.19. The highest BCUT2D eigenvalue weighted by Gasteiger charge is 2.34. The standard InChI is InChI=1S/C25H26N2O2/c1-2-6-17-15-22(28)19-9-10-20(25(29)16-7-4-3-5-8-16)23-18-11-13-26-14-12-21(18)27(17)24(19)23/h3-5,7-10,17,26H,2,6,11-15H2,1H3. The molecule has 0 saturated heterocycles. The summed E-state index contributed by atoms with van der Waals surface area (Å²) in [6.45, 7) is 4.02. The highest BCUT2D eigenvalue weighted by molar-refractivity contribution is 6.20. The highest BCUT2D eigenvalue weighted by atomic mass is 16.1. The van der Waals surface area contributed by atoms with Gasteiger partial charge in [-0.3, -0.25) is 9.59 Å². The van der Waals surface area contributed by atoms with E-state index in [1.807, 2.05) is 42.5 Å². The van der Waals surface area contributed by atoms with E-state index in [-0.39, 0.29) is 17.6 Å². The van der Waals surface area contributed by atoms with Crippen LogP contribution in [0.1, 0.15) is 69.8 Å². The zero-order chi connectivity index (χ0) is 20.0. The lowest BCUT2D eigenvalue weighted by molar-refractivity contribution is 0.0952. The summed E-state index contributed by atoms with van der Waals surface area (Å²) in [7, 11) is 0. The summed E-state index contributed by atoms with van der Waals surface area (Å²) in [4.78, 5) is 26.4. The Morgan fingerprint density at radius 3 is 2.69 bits per heavy atom. The van der Waals surface area contributed by atoms with Crippen LogP contribution >= 0.6 is 0 Å². The molecule has 0 aliphatic carbocycles. The summed E-state index contributed by atoms with van der Waals surface area (Å²) in [5.74, 6) is 0.254. The number of fused-ring (bicyclic) bond motifs is 3. The van der Waals surface area contributed by atoms with Crippen molar-refractivity contribution < 1.29 is 9.59 Å². The fraction of sp³-hybridized carbons (Fsp3) is 0.360. The third-order valence-corrected chi connectivity index (χ3v) is 6.44. The number of ketones is 2. The Hall–Kier alpha value is -2.72. The summed E-state index contributed by atoms with van der Waals surface area (Å²) in [6, 6.07) is 13.4. The van der Waals surface area contributed by atoms with Crippen molar-refractivity contribution in [1.82, 2.24) is 9.88 Å². The van der Waals surface area contributed by atoms with Gasteiger partial charge in [-0.15, -0.1) is 0 Å². The van der Waals surface area contributed by atoms with E-state index < -0.39 is 0 Å². The molecule has 1 unspecified atom stereocenters. The lowest BCUT2D eigenvalue weighted by Gasteiger charge is -2.27. The molecule has 2 aromatic carbocycles. The first kappa shape index (κ1) is 18.3.